The fourth-order valence-electron chi connectivity index (χ4n) is 2.33. The van der Waals surface area contributed by atoms with E-state index in [-0.39, 0.29) is 18.2 Å². The van der Waals surface area contributed by atoms with Crippen LogP contribution >= 0.6 is 11.6 Å². The predicted molar refractivity (Wildman–Crippen MR) is 97.0 cm³/mol. The summed E-state index contributed by atoms with van der Waals surface area (Å²) >= 11 is 5.96. The number of rotatable bonds is 6. The molecule has 0 heterocycles. The quantitative estimate of drug-likeness (QED) is 0.860. The maximum atomic E-state index is 12.2. The first-order chi connectivity index (χ1) is 11.5. The first-order valence-electron chi connectivity index (χ1n) is 7.81. The van der Waals surface area contributed by atoms with Crippen LogP contribution in [0.5, 0.6) is 0 Å². The zero-order valence-electron chi connectivity index (χ0n) is 13.9. The summed E-state index contributed by atoms with van der Waals surface area (Å²) in [7, 11) is 0. The monoisotopic (exact) mass is 344 g/mol. The minimum atomic E-state index is -0.139. The van der Waals surface area contributed by atoms with E-state index >= 15 is 0 Å². The van der Waals surface area contributed by atoms with E-state index in [9.17, 15) is 9.59 Å². The van der Waals surface area contributed by atoms with E-state index in [0.717, 1.165) is 11.1 Å². The molecular formula is C19H21ClN2O2. The van der Waals surface area contributed by atoms with E-state index in [0.29, 0.717) is 23.8 Å². The molecule has 126 valence electrons. The van der Waals surface area contributed by atoms with Gasteiger partial charge in [-0.2, -0.15) is 0 Å². The number of aryl methyl sites for hydroxylation is 1. The van der Waals surface area contributed by atoms with Crippen LogP contribution in [0.25, 0.3) is 0 Å². The Morgan fingerprint density at radius 3 is 2.50 bits per heavy atom. The molecule has 0 radical (unpaired) electrons. The second kappa shape index (κ2) is 8.50. The molecule has 2 rings (SSSR count). The molecule has 0 unspecified atom stereocenters. The van der Waals surface area contributed by atoms with Gasteiger partial charge in [0.25, 0.3) is 0 Å². The number of carbonyl (C=O) groups is 2. The van der Waals surface area contributed by atoms with Gasteiger partial charge in [0.1, 0.15) is 0 Å². The SMILES string of the molecule is CC(=O)N(CCC(=O)Nc1cc(Cl)ccc1C)Cc1ccccc1. The van der Waals surface area contributed by atoms with Gasteiger partial charge in [-0.3, -0.25) is 9.59 Å². The van der Waals surface area contributed by atoms with Gasteiger partial charge in [-0.25, -0.2) is 0 Å². The van der Waals surface area contributed by atoms with Crippen molar-refractivity contribution in [1.82, 2.24) is 4.90 Å². The van der Waals surface area contributed by atoms with Crippen LogP contribution in [0.15, 0.2) is 48.5 Å². The average Bonchev–Trinajstić information content (AvgIpc) is 2.55. The highest BCUT2D eigenvalue weighted by Crippen LogP contribution is 2.20. The lowest BCUT2D eigenvalue weighted by Crippen LogP contribution is -2.31. The molecule has 0 aliphatic carbocycles. The topological polar surface area (TPSA) is 49.4 Å². The van der Waals surface area contributed by atoms with Gasteiger partial charge in [0, 0.05) is 37.1 Å². The Kier molecular flexibility index (Phi) is 6.38. The van der Waals surface area contributed by atoms with Crippen LogP contribution in [0.3, 0.4) is 0 Å². The average molecular weight is 345 g/mol. The van der Waals surface area contributed by atoms with Crippen LogP contribution in [0.2, 0.25) is 5.02 Å². The zero-order chi connectivity index (χ0) is 17.5. The molecule has 24 heavy (non-hydrogen) atoms. The van der Waals surface area contributed by atoms with Crippen LogP contribution in [0.4, 0.5) is 5.69 Å². The third-order valence-electron chi connectivity index (χ3n) is 3.74. The van der Waals surface area contributed by atoms with E-state index in [1.807, 2.05) is 43.3 Å². The highest BCUT2D eigenvalue weighted by atomic mass is 35.5. The number of carbonyl (C=O) groups excluding carboxylic acids is 2. The lowest BCUT2D eigenvalue weighted by molar-refractivity contribution is -0.129. The Morgan fingerprint density at radius 2 is 1.83 bits per heavy atom. The van der Waals surface area contributed by atoms with Crippen molar-refractivity contribution in [3.8, 4) is 0 Å². The van der Waals surface area contributed by atoms with Crippen molar-refractivity contribution in [3.63, 3.8) is 0 Å². The minimum Gasteiger partial charge on any atom is -0.338 e. The molecule has 0 aliphatic heterocycles. The van der Waals surface area contributed by atoms with Gasteiger partial charge in [0.05, 0.1) is 0 Å². The smallest absolute Gasteiger partial charge is 0.226 e. The van der Waals surface area contributed by atoms with Crippen molar-refractivity contribution < 1.29 is 9.59 Å². The minimum absolute atomic E-state index is 0.0504. The molecule has 2 amide bonds. The first kappa shape index (κ1) is 18.0. The number of amides is 2. The molecule has 2 aromatic carbocycles. The summed E-state index contributed by atoms with van der Waals surface area (Å²) in [5.41, 5.74) is 2.68. The Bertz CT molecular complexity index is 717. The van der Waals surface area contributed by atoms with Crippen LogP contribution in [-0.4, -0.2) is 23.3 Å². The Morgan fingerprint density at radius 1 is 1.12 bits per heavy atom. The Hall–Kier alpha value is -2.33. The molecule has 0 fully saturated rings. The van der Waals surface area contributed by atoms with E-state index in [1.54, 1.807) is 17.0 Å². The van der Waals surface area contributed by atoms with Crippen molar-refractivity contribution in [2.75, 3.05) is 11.9 Å². The number of nitrogens with one attached hydrogen (secondary N) is 1. The van der Waals surface area contributed by atoms with Gasteiger partial charge >= 0.3 is 0 Å². The summed E-state index contributed by atoms with van der Waals surface area (Å²) in [6, 6.07) is 15.1. The van der Waals surface area contributed by atoms with Crippen molar-refractivity contribution in [2.45, 2.75) is 26.8 Å². The Labute approximate surface area is 147 Å². The summed E-state index contributed by atoms with van der Waals surface area (Å²) in [6.45, 7) is 4.29. The fourth-order valence-corrected chi connectivity index (χ4v) is 2.50. The number of benzene rings is 2. The maximum Gasteiger partial charge on any atom is 0.226 e. The van der Waals surface area contributed by atoms with Crippen LogP contribution < -0.4 is 5.32 Å². The van der Waals surface area contributed by atoms with Gasteiger partial charge in [-0.05, 0) is 30.2 Å². The molecule has 5 heteroatoms. The largest absolute Gasteiger partial charge is 0.338 e. The maximum absolute atomic E-state index is 12.2. The Balaban J connectivity index is 1.92. The number of anilines is 1. The molecule has 4 nitrogen and oxygen atoms in total. The third kappa shape index (κ3) is 5.39. The van der Waals surface area contributed by atoms with Gasteiger partial charge in [-0.15, -0.1) is 0 Å². The zero-order valence-corrected chi connectivity index (χ0v) is 14.6. The molecule has 0 atom stereocenters. The third-order valence-corrected chi connectivity index (χ3v) is 3.98. The summed E-state index contributed by atoms with van der Waals surface area (Å²) in [6.07, 6.45) is 0.234. The van der Waals surface area contributed by atoms with Crippen LogP contribution in [0, 0.1) is 6.92 Å². The van der Waals surface area contributed by atoms with Gasteiger partial charge in [0.2, 0.25) is 11.8 Å². The molecule has 0 saturated carbocycles. The number of halogens is 1. The first-order valence-corrected chi connectivity index (χ1v) is 8.19. The molecule has 0 saturated heterocycles. The predicted octanol–water partition coefficient (Wildman–Crippen LogP) is 4.03. The van der Waals surface area contributed by atoms with Gasteiger partial charge in [-0.1, -0.05) is 48.0 Å². The molecule has 0 spiro atoms. The van der Waals surface area contributed by atoms with Crippen molar-refractivity contribution in [1.29, 1.82) is 0 Å². The molecule has 0 aliphatic rings. The summed E-state index contributed by atoms with van der Waals surface area (Å²) in [5, 5.41) is 3.42. The second-order valence-electron chi connectivity index (χ2n) is 5.68. The number of nitrogens with zero attached hydrogens (tertiary/aromatic N) is 1. The van der Waals surface area contributed by atoms with E-state index in [1.165, 1.54) is 6.92 Å². The number of hydrogen-bond acceptors (Lipinski definition) is 2. The fraction of sp³-hybridized carbons (Fsp3) is 0.263. The van der Waals surface area contributed by atoms with Crippen LogP contribution in [-0.2, 0) is 16.1 Å². The summed E-state index contributed by atoms with van der Waals surface area (Å²) in [5.74, 6) is -0.190. The van der Waals surface area contributed by atoms with Crippen molar-refractivity contribution in [2.24, 2.45) is 0 Å². The highest BCUT2D eigenvalue weighted by Gasteiger charge is 2.12. The lowest BCUT2D eigenvalue weighted by Gasteiger charge is -2.21. The molecular weight excluding hydrogens is 324 g/mol. The summed E-state index contributed by atoms with van der Waals surface area (Å²) < 4.78 is 0. The van der Waals surface area contributed by atoms with Crippen molar-refractivity contribution >= 4 is 29.1 Å². The molecule has 2 aromatic rings. The lowest BCUT2D eigenvalue weighted by atomic mass is 10.2. The van der Waals surface area contributed by atoms with Crippen molar-refractivity contribution in [3.05, 3.63) is 64.7 Å². The standard InChI is InChI=1S/C19H21ClN2O2/c1-14-8-9-17(20)12-18(14)21-19(24)10-11-22(15(2)23)13-16-6-4-3-5-7-16/h3-9,12H,10-11,13H2,1-2H3,(H,21,24). The van der Waals surface area contributed by atoms with Gasteiger partial charge in [0.15, 0.2) is 0 Å². The van der Waals surface area contributed by atoms with Crippen LogP contribution in [0.1, 0.15) is 24.5 Å². The molecule has 1 N–H and O–H groups in total. The second-order valence-corrected chi connectivity index (χ2v) is 6.12. The van der Waals surface area contributed by atoms with Gasteiger partial charge < -0.3 is 10.2 Å². The number of hydrogen-bond donors (Lipinski definition) is 1. The molecule has 0 bridgehead atoms. The normalized spacial score (nSPS) is 10.3. The van der Waals surface area contributed by atoms with E-state index in [4.69, 9.17) is 11.6 Å². The molecule has 0 aromatic heterocycles. The van der Waals surface area contributed by atoms with E-state index in [2.05, 4.69) is 5.32 Å². The van der Waals surface area contributed by atoms with E-state index < -0.39 is 0 Å². The summed E-state index contributed by atoms with van der Waals surface area (Å²) in [4.78, 5) is 25.6. The highest BCUT2D eigenvalue weighted by molar-refractivity contribution is 6.31.